The molecule has 20 heavy (non-hydrogen) atoms. The normalized spacial score (nSPS) is 14.2. The number of aryl methyl sites for hydroxylation is 1. The van der Waals surface area contributed by atoms with Gasteiger partial charge in [0, 0.05) is 30.9 Å². The smallest absolute Gasteiger partial charge is 0.352 e. The molecule has 0 spiro atoms. The Bertz CT molecular complexity index is 824. The first-order chi connectivity index (χ1) is 9.59. The van der Waals surface area contributed by atoms with Crippen LogP contribution >= 0.6 is 0 Å². The predicted octanol–water partition coefficient (Wildman–Crippen LogP) is 0.996. The summed E-state index contributed by atoms with van der Waals surface area (Å²) in [7, 11) is 1.65. The monoisotopic (exact) mass is 271 g/mol. The van der Waals surface area contributed by atoms with Gasteiger partial charge in [-0.25, -0.2) is 4.79 Å². The SMILES string of the molecule is Cn1ccc2cc(C(=O)O)n(C3=CCNC=C3)c2c1=O. The number of rotatable bonds is 2. The van der Waals surface area contributed by atoms with Crippen LogP contribution in [0.15, 0.2) is 41.5 Å². The van der Waals surface area contributed by atoms with Crippen LogP contribution in [-0.4, -0.2) is 26.8 Å². The van der Waals surface area contributed by atoms with Gasteiger partial charge in [0.2, 0.25) is 0 Å². The number of pyridine rings is 1. The maximum atomic E-state index is 12.3. The number of hydrogen-bond donors (Lipinski definition) is 2. The lowest BCUT2D eigenvalue weighted by Crippen LogP contribution is -2.20. The molecule has 6 heteroatoms. The molecule has 1 aliphatic heterocycles. The number of nitrogens with one attached hydrogen (secondary N) is 1. The second kappa shape index (κ2) is 4.41. The minimum Gasteiger partial charge on any atom is -0.477 e. The van der Waals surface area contributed by atoms with E-state index in [0.29, 0.717) is 23.1 Å². The molecule has 0 atom stereocenters. The molecule has 2 aromatic heterocycles. The van der Waals surface area contributed by atoms with E-state index in [4.69, 9.17) is 0 Å². The minimum absolute atomic E-state index is 0.0844. The van der Waals surface area contributed by atoms with Crippen molar-refractivity contribution < 1.29 is 9.90 Å². The van der Waals surface area contributed by atoms with Crippen LogP contribution in [0.3, 0.4) is 0 Å². The molecular formula is C14H13N3O3. The molecule has 1 aliphatic rings. The van der Waals surface area contributed by atoms with Crippen molar-refractivity contribution in [1.29, 1.82) is 0 Å². The van der Waals surface area contributed by atoms with Crippen LogP contribution in [0.2, 0.25) is 0 Å². The van der Waals surface area contributed by atoms with Gasteiger partial charge in [0.15, 0.2) is 0 Å². The molecule has 0 aliphatic carbocycles. The van der Waals surface area contributed by atoms with Crippen LogP contribution in [0, 0.1) is 0 Å². The Morgan fingerprint density at radius 2 is 2.25 bits per heavy atom. The number of allylic oxidation sites excluding steroid dienone is 2. The fraction of sp³-hybridized carbons (Fsp3) is 0.143. The molecule has 0 unspecified atom stereocenters. The van der Waals surface area contributed by atoms with Crippen molar-refractivity contribution in [3.8, 4) is 0 Å². The Morgan fingerprint density at radius 1 is 1.45 bits per heavy atom. The molecule has 2 aromatic rings. The van der Waals surface area contributed by atoms with Gasteiger partial charge in [-0.05, 0) is 30.5 Å². The van der Waals surface area contributed by atoms with Gasteiger partial charge in [-0.3, -0.25) is 9.36 Å². The number of hydrogen-bond acceptors (Lipinski definition) is 3. The quantitative estimate of drug-likeness (QED) is 0.854. The molecule has 0 saturated carbocycles. The highest BCUT2D eigenvalue weighted by Gasteiger charge is 2.19. The third kappa shape index (κ3) is 1.73. The van der Waals surface area contributed by atoms with Crippen molar-refractivity contribution in [2.45, 2.75) is 0 Å². The molecule has 102 valence electrons. The van der Waals surface area contributed by atoms with Crippen molar-refractivity contribution in [2.75, 3.05) is 6.54 Å². The summed E-state index contributed by atoms with van der Waals surface area (Å²) in [6, 6.07) is 3.26. The van der Waals surface area contributed by atoms with Crippen LogP contribution in [0.4, 0.5) is 0 Å². The molecule has 0 saturated heterocycles. The number of carboxylic acid groups (broad SMARTS) is 1. The third-order valence-electron chi connectivity index (χ3n) is 3.31. The van der Waals surface area contributed by atoms with E-state index >= 15 is 0 Å². The standard InChI is InChI=1S/C14H13N3O3/c1-16-7-4-9-8-11(14(19)20)17(12(9)13(16)18)10-2-5-15-6-3-10/h2-5,7-8,15H,6H2,1H3,(H,19,20). The van der Waals surface area contributed by atoms with Crippen molar-refractivity contribution in [3.63, 3.8) is 0 Å². The first-order valence-electron chi connectivity index (χ1n) is 6.14. The molecule has 3 rings (SSSR count). The zero-order valence-electron chi connectivity index (χ0n) is 10.8. The van der Waals surface area contributed by atoms with E-state index in [2.05, 4.69) is 5.32 Å². The Morgan fingerprint density at radius 3 is 2.90 bits per heavy atom. The fourth-order valence-electron chi connectivity index (χ4n) is 2.34. The largest absolute Gasteiger partial charge is 0.477 e. The Kier molecular flexibility index (Phi) is 2.71. The second-order valence-corrected chi connectivity index (χ2v) is 4.58. The maximum absolute atomic E-state index is 12.3. The summed E-state index contributed by atoms with van der Waals surface area (Å²) in [5, 5.41) is 13.0. The number of carboxylic acids is 1. The van der Waals surface area contributed by atoms with Crippen molar-refractivity contribution in [1.82, 2.24) is 14.5 Å². The van der Waals surface area contributed by atoms with E-state index in [0.717, 1.165) is 0 Å². The highest BCUT2D eigenvalue weighted by molar-refractivity contribution is 5.97. The first kappa shape index (κ1) is 12.3. The zero-order valence-corrected chi connectivity index (χ0v) is 10.8. The molecule has 0 fully saturated rings. The Labute approximate surface area is 114 Å². The lowest BCUT2D eigenvalue weighted by atomic mass is 10.3. The van der Waals surface area contributed by atoms with Crippen molar-refractivity contribution in [3.05, 3.63) is 52.7 Å². The summed E-state index contributed by atoms with van der Waals surface area (Å²) in [5.41, 5.74) is 0.925. The number of dihydropyridines is 1. The predicted molar refractivity (Wildman–Crippen MR) is 75.6 cm³/mol. The summed E-state index contributed by atoms with van der Waals surface area (Å²) in [5.74, 6) is -1.06. The summed E-state index contributed by atoms with van der Waals surface area (Å²) in [6.45, 7) is 0.595. The molecule has 0 amide bonds. The van der Waals surface area contributed by atoms with Gasteiger partial charge in [-0.15, -0.1) is 0 Å². The van der Waals surface area contributed by atoms with E-state index in [-0.39, 0.29) is 11.3 Å². The zero-order chi connectivity index (χ0) is 14.3. The summed E-state index contributed by atoms with van der Waals surface area (Å²) in [4.78, 5) is 23.7. The molecule has 3 heterocycles. The minimum atomic E-state index is -1.06. The fourth-order valence-corrected chi connectivity index (χ4v) is 2.34. The van der Waals surface area contributed by atoms with Crippen LogP contribution in [0.5, 0.6) is 0 Å². The van der Waals surface area contributed by atoms with Gasteiger partial charge in [0.05, 0.1) is 0 Å². The number of fused-ring (bicyclic) bond motifs is 1. The lowest BCUT2D eigenvalue weighted by Gasteiger charge is -2.13. The topological polar surface area (TPSA) is 76.3 Å². The number of nitrogens with zero attached hydrogens (tertiary/aromatic N) is 2. The van der Waals surface area contributed by atoms with Crippen molar-refractivity contribution >= 4 is 22.6 Å². The molecule has 0 aromatic carbocycles. The van der Waals surface area contributed by atoms with E-state index in [9.17, 15) is 14.7 Å². The van der Waals surface area contributed by atoms with Gasteiger partial charge < -0.3 is 15.0 Å². The first-order valence-corrected chi connectivity index (χ1v) is 6.14. The average molecular weight is 271 g/mol. The van der Waals surface area contributed by atoms with Gasteiger partial charge >= 0.3 is 5.97 Å². The molecular weight excluding hydrogens is 258 g/mol. The summed E-state index contributed by atoms with van der Waals surface area (Å²) in [6.07, 6.45) is 6.97. The highest BCUT2D eigenvalue weighted by atomic mass is 16.4. The summed E-state index contributed by atoms with van der Waals surface area (Å²) < 4.78 is 2.94. The maximum Gasteiger partial charge on any atom is 0.352 e. The molecule has 2 N–H and O–H groups in total. The number of carbonyl (C=O) groups is 1. The second-order valence-electron chi connectivity index (χ2n) is 4.58. The van der Waals surface area contributed by atoms with Gasteiger partial charge in [0.25, 0.3) is 5.56 Å². The van der Waals surface area contributed by atoms with E-state index in [1.807, 2.05) is 6.08 Å². The molecule has 0 radical (unpaired) electrons. The van der Waals surface area contributed by atoms with E-state index in [1.54, 1.807) is 31.6 Å². The molecule has 6 nitrogen and oxygen atoms in total. The van der Waals surface area contributed by atoms with Crippen LogP contribution in [-0.2, 0) is 7.05 Å². The Hall–Kier alpha value is -2.76. The van der Waals surface area contributed by atoms with Crippen LogP contribution < -0.4 is 10.9 Å². The van der Waals surface area contributed by atoms with Gasteiger partial charge in [0.1, 0.15) is 11.2 Å². The van der Waals surface area contributed by atoms with Crippen molar-refractivity contribution in [2.24, 2.45) is 7.05 Å². The Balaban J connectivity index is 2.43. The van der Waals surface area contributed by atoms with E-state index in [1.165, 1.54) is 15.2 Å². The van der Waals surface area contributed by atoms with E-state index < -0.39 is 5.97 Å². The summed E-state index contributed by atoms with van der Waals surface area (Å²) >= 11 is 0. The average Bonchev–Trinajstić information content (AvgIpc) is 2.84. The number of aromatic carboxylic acids is 1. The third-order valence-corrected chi connectivity index (χ3v) is 3.31. The van der Waals surface area contributed by atoms with Crippen LogP contribution in [0.1, 0.15) is 10.5 Å². The van der Waals surface area contributed by atoms with Gasteiger partial charge in [-0.1, -0.05) is 0 Å². The van der Waals surface area contributed by atoms with Crippen LogP contribution in [0.25, 0.3) is 16.6 Å². The lowest BCUT2D eigenvalue weighted by molar-refractivity contribution is 0.0689. The van der Waals surface area contributed by atoms with Gasteiger partial charge in [-0.2, -0.15) is 0 Å². The highest BCUT2D eigenvalue weighted by Crippen LogP contribution is 2.22. The molecule has 0 bridgehead atoms. The number of aromatic nitrogens is 2.